The van der Waals surface area contributed by atoms with E-state index in [9.17, 15) is 24.0 Å². The maximum Gasteiger partial charge on any atom is 0.280 e. The van der Waals surface area contributed by atoms with Crippen LogP contribution in [0.1, 0.15) is 72.4 Å². The quantitative estimate of drug-likeness (QED) is 0.277. The molecular weight excluding hydrogens is 560 g/mol. The van der Waals surface area contributed by atoms with Gasteiger partial charge in [0.2, 0.25) is 17.7 Å². The number of aromatic amines is 1. The second-order valence-corrected chi connectivity index (χ2v) is 11.5. The van der Waals surface area contributed by atoms with Crippen molar-refractivity contribution in [3.63, 3.8) is 0 Å². The summed E-state index contributed by atoms with van der Waals surface area (Å²) in [5, 5.41) is 15.9. The zero-order valence-corrected chi connectivity index (χ0v) is 24.4. The largest absolute Gasteiger partial charge is 0.384 e. The van der Waals surface area contributed by atoms with E-state index in [0.29, 0.717) is 43.0 Å². The number of benzene rings is 1. The Morgan fingerprint density at radius 2 is 1.88 bits per heavy atom. The Labute approximate surface area is 247 Å². The number of carbonyl (C=O) groups is 4. The summed E-state index contributed by atoms with van der Waals surface area (Å²) >= 11 is 1.25. The van der Waals surface area contributed by atoms with Gasteiger partial charge in [-0.15, -0.1) is 11.3 Å². The van der Waals surface area contributed by atoms with Crippen molar-refractivity contribution in [2.75, 3.05) is 6.54 Å². The Balaban J connectivity index is 1.51. The number of nitrogens with zero attached hydrogens (tertiary/aromatic N) is 1. The van der Waals surface area contributed by atoms with Gasteiger partial charge >= 0.3 is 0 Å². The number of nitrogens with one attached hydrogen (secondary N) is 5. The third-order valence-electron chi connectivity index (χ3n) is 6.93. The van der Waals surface area contributed by atoms with Gasteiger partial charge < -0.3 is 25.8 Å². The van der Waals surface area contributed by atoms with Gasteiger partial charge in [-0.25, -0.2) is 4.98 Å². The first-order valence-corrected chi connectivity index (χ1v) is 14.9. The van der Waals surface area contributed by atoms with Crippen LogP contribution in [0.2, 0.25) is 0 Å². The third kappa shape index (κ3) is 8.62. The molecule has 5 N–H and O–H groups in total. The van der Waals surface area contributed by atoms with E-state index in [0.717, 1.165) is 5.56 Å². The normalized spacial score (nSPS) is 20.5. The topological polar surface area (TPSA) is 175 Å². The van der Waals surface area contributed by atoms with Crippen molar-refractivity contribution in [2.45, 2.75) is 70.5 Å². The Morgan fingerprint density at radius 3 is 2.60 bits per heavy atom. The summed E-state index contributed by atoms with van der Waals surface area (Å²) in [6.07, 6.45) is 2.02. The first-order valence-electron chi connectivity index (χ1n) is 14.0. The van der Waals surface area contributed by atoms with E-state index in [1.165, 1.54) is 17.4 Å². The van der Waals surface area contributed by atoms with Crippen molar-refractivity contribution in [1.82, 2.24) is 31.4 Å². The van der Waals surface area contributed by atoms with Crippen LogP contribution in [-0.2, 0) is 27.2 Å². The molecule has 4 amide bonds. The molecule has 1 aromatic carbocycles. The highest BCUT2D eigenvalue weighted by Crippen LogP contribution is 2.26. The van der Waals surface area contributed by atoms with Gasteiger partial charge in [0.15, 0.2) is 0 Å². The number of fused-ring (bicyclic) bond motifs is 2. The Morgan fingerprint density at radius 1 is 1.10 bits per heavy atom. The monoisotopic (exact) mass is 596 g/mol. The number of rotatable bonds is 7. The van der Waals surface area contributed by atoms with E-state index in [4.69, 9.17) is 4.52 Å². The summed E-state index contributed by atoms with van der Waals surface area (Å²) in [6.45, 7) is 4.20. The van der Waals surface area contributed by atoms with Crippen molar-refractivity contribution in [1.29, 1.82) is 0 Å². The molecule has 0 saturated heterocycles. The highest BCUT2D eigenvalue weighted by atomic mass is 32.1. The van der Waals surface area contributed by atoms with Gasteiger partial charge in [-0.2, -0.15) is 5.16 Å². The number of thiazole rings is 1. The van der Waals surface area contributed by atoms with Crippen LogP contribution in [-0.4, -0.2) is 52.4 Å². The zero-order valence-electron chi connectivity index (χ0n) is 23.6. The van der Waals surface area contributed by atoms with Crippen molar-refractivity contribution < 1.29 is 23.7 Å². The minimum atomic E-state index is -0.825. The molecule has 2 bridgehead atoms. The maximum absolute atomic E-state index is 13.4. The fourth-order valence-electron chi connectivity index (χ4n) is 4.62. The lowest BCUT2D eigenvalue weighted by atomic mass is 10.0. The predicted octanol–water partition coefficient (Wildman–Crippen LogP) is 2.00. The standard InChI is InChI=1S/C29H36N6O6S/c1-17(2)25-29-33-22(16-42-29)28(40)32-21(14-18-8-4-3-5-9-18)26(38)30-13-7-6-10-20(27(39)34-25)31-23(36)12-11-19-15-24(37)35-41-19/h3-5,8-9,15-17,20-21,25H,6-7,10-14H2,1-2H3,(H,30,38)(H,31,36)(H,32,40)(H,34,39)(H,35,37)/t20-,21+,25+/m0/s1. The van der Waals surface area contributed by atoms with Crippen LogP contribution < -0.4 is 26.8 Å². The molecule has 0 fully saturated rings. The lowest BCUT2D eigenvalue weighted by Crippen LogP contribution is -2.49. The lowest BCUT2D eigenvalue weighted by Gasteiger charge is -2.25. The molecule has 0 radical (unpaired) electrons. The third-order valence-corrected chi connectivity index (χ3v) is 7.86. The van der Waals surface area contributed by atoms with Crippen LogP contribution in [0.4, 0.5) is 0 Å². The summed E-state index contributed by atoms with van der Waals surface area (Å²) in [6, 6.07) is 8.61. The van der Waals surface area contributed by atoms with Crippen molar-refractivity contribution in [3.05, 3.63) is 74.2 Å². The second-order valence-electron chi connectivity index (χ2n) is 10.6. The fraction of sp³-hybridized carbons (Fsp3) is 0.448. The molecule has 4 rings (SSSR count). The molecular formula is C29H36N6O6S. The average Bonchev–Trinajstić information content (AvgIpc) is 3.62. The molecule has 3 aromatic rings. The minimum absolute atomic E-state index is 0.0298. The van der Waals surface area contributed by atoms with Gasteiger partial charge in [-0.05, 0) is 30.7 Å². The minimum Gasteiger partial charge on any atom is -0.384 e. The lowest BCUT2D eigenvalue weighted by molar-refractivity contribution is -0.129. The number of amides is 4. The Hall–Kier alpha value is -4.26. The highest BCUT2D eigenvalue weighted by molar-refractivity contribution is 7.09. The second kappa shape index (κ2) is 14.6. The molecule has 0 saturated carbocycles. The number of hydrogen-bond acceptors (Lipinski definition) is 8. The Kier molecular flexibility index (Phi) is 10.7. The summed E-state index contributed by atoms with van der Waals surface area (Å²) in [4.78, 5) is 68.2. The van der Waals surface area contributed by atoms with Crippen molar-refractivity contribution in [3.8, 4) is 0 Å². The molecule has 12 nitrogen and oxygen atoms in total. The molecule has 1 aliphatic heterocycles. The van der Waals surface area contributed by atoms with Crippen LogP contribution in [0.25, 0.3) is 0 Å². The molecule has 224 valence electrons. The van der Waals surface area contributed by atoms with E-state index in [1.54, 1.807) is 5.38 Å². The van der Waals surface area contributed by atoms with Crippen LogP contribution in [0.15, 0.2) is 51.1 Å². The van der Waals surface area contributed by atoms with E-state index >= 15 is 0 Å². The maximum atomic E-state index is 13.4. The smallest absolute Gasteiger partial charge is 0.280 e. The van der Waals surface area contributed by atoms with E-state index in [2.05, 4.69) is 31.4 Å². The molecule has 1 aliphatic rings. The molecule has 3 atom stereocenters. The highest BCUT2D eigenvalue weighted by Gasteiger charge is 2.29. The zero-order chi connectivity index (χ0) is 30.1. The Bertz CT molecular complexity index is 1430. The van der Waals surface area contributed by atoms with Gasteiger partial charge in [-0.3, -0.25) is 24.0 Å². The fourth-order valence-corrected chi connectivity index (χ4v) is 5.64. The molecule has 0 aliphatic carbocycles. The van der Waals surface area contributed by atoms with Crippen molar-refractivity contribution in [2.24, 2.45) is 5.92 Å². The van der Waals surface area contributed by atoms with E-state index in [1.807, 2.05) is 44.2 Å². The van der Waals surface area contributed by atoms with E-state index < -0.39 is 24.0 Å². The average molecular weight is 597 g/mol. The molecule has 3 heterocycles. The summed E-state index contributed by atoms with van der Waals surface area (Å²) < 4.78 is 5.00. The molecule has 13 heteroatoms. The first kappa shape index (κ1) is 30.7. The number of H-pyrrole nitrogens is 1. The summed E-state index contributed by atoms with van der Waals surface area (Å²) in [7, 11) is 0. The molecule has 0 spiro atoms. The summed E-state index contributed by atoms with van der Waals surface area (Å²) in [5.74, 6) is -1.22. The van der Waals surface area contributed by atoms with Gasteiger partial charge in [0.1, 0.15) is 28.5 Å². The van der Waals surface area contributed by atoms with Crippen LogP contribution in [0, 0.1) is 5.92 Å². The van der Waals surface area contributed by atoms with Crippen LogP contribution >= 0.6 is 11.3 Å². The summed E-state index contributed by atoms with van der Waals surface area (Å²) in [5.41, 5.74) is 0.684. The van der Waals surface area contributed by atoms with Gasteiger partial charge in [0.05, 0.1) is 6.04 Å². The van der Waals surface area contributed by atoms with Crippen LogP contribution in [0.3, 0.4) is 0 Å². The number of aromatic nitrogens is 2. The molecule has 2 aromatic heterocycles. The molecule has 42 heavy (non-hydrogen) atoms. The van der Waals surface area contributed by atoms with Gasteiger partial charge in [0.25, 0.3) is 11.5 Å². The van der Waals surface area contributed by atoms with E-state index in [-0.39, 0.29) is 47.7 Å². The van der Waals surface area contributed by atoms with Crippen LogP contribution in [0.5, 0.6) is 0 Å². The number of carbonyl (C=O) groups excluding carboxylic acids is 4. The predicted molar refractivity (Wildman–Crippen MR) is 156 cm³/mol. The molecule has 0 unspecified atom stereocenters. The van der Waals surface area contributed by atoms with Crippen molar-refractivity contribution >= 4 is 35.0 Å². The SMILES string of the molecule is CC(C)[C@H]1NC(=O)[C@@H](NC(=O)CCc2cc(=O)[nH]o2)CCCCNC(=O)[C@@H](Cc2ccccc2)NC(=O)c2csc1n2. The number of hydrogen-bond donors (Lipinski definition) is 5. The van der Waals surface area contributed by atoms with Gasteiger partial charge in [-0.1, -0.05) is 44.2 Å². The van der Waals surface area contributed by atoms with Gasteiger partial charge in [0, 0.05) is 37.3 Å². The number of aryl methyl sites for hydroxylation is 1. The first-order chi connectivity index (χ1) is 20.2.